The Morgan fingerprint density at radius 1 is 1.03 bits per heavy atom. The van der Waals surface area contributed by atoms with Crippen LogP contribution in [0.1, 0.15) is 24.8 Å². The van der Waals surface area contributed by atoms with Gasteiger partial charge in [-0.1, -0.05) is 59.7 Å². The number of aliphatic carboxylic acids is 2. The highest BCUT2D eigenvalue weighted by Gasteiger charge is 2.16. The van der Waals surface area contributed by atoms with E-state index in [1.165, 1.54) is 37.9 Å². The molecule has 3 aromatic rings. The molecule has 1 aliphatic heterocycles. The highest BCUT2D eigenvalue weighted by Crippen LogP contribution is 2.31. The summed E-state index contributed by atoms with van der Waals surface area (Å²) < 4.78 is 1.16. The van der Waals surface area contributed by atoms with Crippen molar-refractivity contribution in [1.82, 2.24) is 9.88 Å². The van der Waals surface area contributed by atoms with E-state index in [9.17, 15) is 9.59 Å². The van der Waals surface area contributed by atoms with Gasteiger partial charge in [0.1, 0.15) is 0 Å². The van der Waals surface area contributed by atoms with Crippen LogP contribution < -0.4 is 4.90 Å². The van der Waals surface area contributed by atoms with Crippen LogP contribution >= 0.6 is 22.9 Å². The molecule has 2 heterocycles. The van der Waals surface area contributed by atoms with E-state index in [-0.39, 0.29) is 0 Å². The van der Waals surface area contributed by atoms with E-state index in [2.05, 4.69) is 40.1 Å². The number of aromatic nitrogens is 1. The summed E-state index contributed by atoms with van der Waals surface area (Å²) in [6.07, 6.45) is 5.16. The fraction of sp³-hybridized carbons (Fsp3) is 0.320. The molecule has 1 aliphatic rings. The van der Waals surface area contributed by atoms with E-state index in [0.717, 1.165) is 40.0 Å². The molecule has 2 N–H and O–H groups in total. The van der Waals surface area contributed by atoms with Crippen molar-refractivity contribution < 1.29 is 19.8 Å². The molecule has 34 heavy (non-hydrogen) atoms. The number of carbonyl (C=O) groups is 2. The monoisotopic (exact) mass is 501 g/mol. The van der Waals surface area contributed by atoms with Crippen molar-refractivity contribution in [2.45, 2.75) is 25.8 Å². The first kappa shape index (κ1) is 25.7. The normalized spacial score (nSPS) is 14.0. The van der Waals surface area contributed by atoms with Crippen molar-refractivity contribution in [3.63, 3.8) is 0 Å². The summed E-state index contributed by atoms with van der Waals surface area (Å²) in [7, 11) is 0. The van der Waals surface area contributed by atoms with E-state index in [1.54, 1.807) is 11.3 Å². The van der Waals surface area contributed by atoms with Crippen molar-refractivity contribution in [1.29, 1.82) is 0 Å². The zero-order valence-electron chi connectivity index (χ0n) is 18.8. The Morgan fingerprint density at radius 2 is 1.71 bits per heavy atom. The highest BCUT2D eigenvalue weighted by molar-refractivity contribution is 7.22. The Hall–Kier alpha value is -2.94. The van der Waals surface area contributed by atoms with Crippen LogP contribution in [0.15, 0.2) is 60.7 Å². The second kappa shape index (κ2) is 13.1. The third-order valence-corrected chi connectivity index (χ3v) is 6.64. The van der Waals surface area contributed by atoms with Gasteiger partial charge < -0.3 is 20.0 Å². The molecular weight excluding hydrogens is 474 g/mol. The quantitative estimate of drug-likeness (QED) is 0.412. The Kier molecular flexibility index (Phi) is 9.88. The van der Waals surface area contributed by atoms with Gasteiger partial charge in [-0.25, -0.2) is 14.6 Å². The number of halogens is 1. The van der Waals surface area contributed by atoms with Crippen molar-refractivity contribution in [3.05, 3.63) is 71.3 Å². The zero-order valence-corrected chi connectivity index (χ0v) is 20.3. The highest BCUT2D eigenvalue weighted by atomic mass is 35.5. The first-order valence-electron chi connectivity index (χ1n) is 11.1. The minimum atomic E-state index is -1.26. The number of benzene rings is 2. The van der Waals surface area contributed by atoms with Crippen LogP contribution in [0.3, 0.4) is 0 Å². The van der Waals surface area contributed by atoms with Gasteiger partial charge in [-0.05, 0) is 49.7 Å². The molecule has 1 aromatic heterocycles. The Morgan fingerprint density at radius 3 is 2.35 bits per heavy atom. The number of nitrogens with zero attached hydrogens (tertiary/aromatic N) is 3. The molecule has 0 amide bonds. The number of carboxylic acids is 2. The average Bonchev–Trinajstić information content (AvgIpc) is 3.25. The lowest BCUT2D eigenvalue weighted by Gasteiger charge is -2.30. The fourth-order valence-corrected chi connectivity index (χ4v) is 4.92. The Bertz CT molecular complexity index is 1100. The van der Waals surface area contributed by atoms with Crippen LogP contribution in [0.5, 0.6) is 0 Å². The van der Waals surface area contributed by atoms with E-state index in [0.29, 0.717) is 12.2 Å². The van der Waals surface area contributed by atoms with Gasteiger partial charge in [0.2, 0.25) is 0 Å². The minimum absolute atomic E-state index is 0.558. The molecule has 0 unspecified atom stereocenters. The maximum atomic E-state index is 9.55. The molecule has 0 radical (unpaired) electrons. The smallest absolute Gasteiger partial charge is 0.328 e. The van der Waals surface area contributed by atoms with Crippen molar-refractivity contribution >= 4 is 50.2 Å². The van der Waals surface area contributed by atoms with Gasteiger partial charge in [-0.3, -0.25) is 0 Å². The minimum Gasteiger partial charge on any atom is -0.478 e. The second-order valence-corrected chi connectivity index (χ2v) is 9.37. The van der Waals surface area contributed by atoms with Crippen LogP contribution in [0.25, 0.3) is 10.2 Å². The molecule has 180 valence electrons. The Balaban J connectivity index is 0.000000350. The van der Waals surface area contributed by atoms with E-state index >= 15 is 0 Å². The molecule has 4 rings (SSSR count). The maximum absolute atomic E-state index is 9.55. The zero-order chi connectivity index (χ0) is 24.3. The predicted octanol–water partition coefficient (Wildman–Crippen LogP) is 5.15. The number of carboxylic acid groups (broad SMARTS) is 2. The average molecular weight is 502 g/mol. The van der Waals surface area contributed by atoms with E-state index < -0.39 is 11.9 Å². The molecule has 0 atom stereocenters. The Labute approximate surface area is 207 Å². The van der Waals surface area contributed by atoms with Gasteiger partial charge in [0.25, 0.3) is 0 Å². The summed E-state index contributed by atoms with van der Waals surface area (Å²) >= 11 is 7.90. The number of anilines is 1. The molecule has 7 nitrogen and oxygen atoms in total. The molecule has 0 saturated carbocycles. The lowest BCUT2D eigenvalue weighted by atomic mass is 10.1. The number of piperidine rings is 1. The molecule has 2 aromatic carbocycles. The predicted molar refractivity (Wildman–Crippen MR) is 137 cm³/mol. The molecule has 9 heteroatoms. The lowest BCUT2D eigenvalue weighted by molar-refractivity contribution is -0.134. The van der Waals surface area contributed by atoms with Crippen LogP contribution in [0.2, 0.25) is 5.02 Å². The largest absolute Gasteiger partial charge is 0.478 e. The first-order chi connectivity index (χ1) is 16.4. The summed E-state index contributed by atoms with van der Waals surface area (Å²) in [6, 6.07) is 16.6. The van der Waals surface area contributed by atoms with Crippen LogP contribution in [-0.4, -0.2) is 58.2 Å². The number of hydrogen-bond acceptors (Lipinski definition) is 6. The molecule has 1 fully saturated rings. The van der Waals surface area contributed by atoms with Crippen molar-refractivity contribution in [2.24, 2.45) is 0 Å². The summed E-state index contributed by atoms with van der Waals surface area (Å²) in [5.74, 6) is -2.51. The standard InChI is InChI=1S/C21H24ClN3S.C4H4O4/c22-18-9-10-19-20(15-18)26-21(23-19)25(16-17-7-3-1-4-8-17)14-13-24-11-5-2-6-12-24;5-3(6)1-2-4(7)8/h1,3-4,7-10,15H,2,5-6,11-14,16H2;1-2H,(H,5,6)(H,7,8)/b;2-1+. The van der Waals surface area contributed by atoms with Gasteiger partial charge in [0, 0.05) is 36.8 Å². The number of rotatable bonds is 8. The van der Waals surface area contributed by atoms with Crippen LogP contribution in [-0.2, 0) is 16.1 Å². The summed E-state index contributed by atoms with van der Waals surface area (Å²) in [4.78, 5) is 29.0. The summed E-state index contributed by atoms with van der Waals surface area (Å²) in [5.41, 5.74) is 2.36. The lowest BCUT2D eigenvalue weighted by Crippen LogP contribution is -2.37. The summed E-state index contributed by atoms with van der Waals surface area (Å²) in [5, 5.41) is 17.5. The number of thiazole rings is 1. The molecule has 1 saturated heterocycles. The number of hydrogen-bond donors (Lipinski definition) is 2. The maximum Gasteiger partial charge on any atom is 0.328 e. The van der Waals surface area contributed by atoms with Crippen molar-refractivity contribution in [3.8, 4) is 0 Å². The van der Waals surface area contributed by atoms with Gasteiger partial charge in [0.05, 0.1) is 10.2 Å². The van der Waals surface area contributed by atoms with Gasteiger partial charge in [-0.2, -0.15) is 0 Å². The van der Waals surface area contributed by atoms with Gasteiger partial charge in [0.15, 0.2) is 5.13 Å². The van der Waals surface area contributed by atoms with Crippen LogP contribution in [0.4, 0.5) is 5.13 Å². The van der Waals surface area contributed by atoms with E-state index in [4.69, 9.17) is 26.8 Å². The molecular formula is C25H28ClN3O4S. The van der Waals surface area contributed by atoms with Gasteiger partial charge >= 0.3 is 11.9 Å². The van der Waals surface area contributed by atoms with Crippen LogP contribution in [0, 0.1) is 0 Å². The number of fused-ring (bicyclic) bond motifs is 1. The third-order valence-electron chi connectivity index (χ3n) is 5.33. The van der Waals surface area contributed by atoms with Gasteiger partial charge in [-0.15, -0.1) is 0 Å². The summed E-state index contributed by atoms with van der Waals surface area (Å²) in [6.45, 7) is 5.46. The third kappa shape index (κ3) is 8.44. The van der Waals surface area contributed by atoms with E-state index in [1.807, 2.05) is 18.2 Å². The first-order valence-corrected chi connectivity index (χ1v) is 12.3. The fourth-order valence-electron chi connectivity index (χ4n) is 3.66. The molecule has 0 bridgehead atoms. The topological polar surface area (TPSA) is 94.0 Å². The van der Waals surface area contributed by atoms with Crippen molar-refractivity contribution in [2.75, 3.05) is 31.1 Å². The molecule has 0 spiro atoms. The SMILES string of the molecule is Clc1ccc2nc(N(CCN3CCCCC3)Cc3ccccc3)sc2c1.O=C(O)/C=C/C(=O)O. The molecule has 0 aliphatic carbocycles. The second-order valence-electron chi connectivity index (χ2n) is 7.93. The number of likely N-dealkylation sites (tertiary alicyclic amines) is 1.